The van der Waals surface area contributed by atoms with E-state index in [-0.39, 0.29) is 0 Å². The lowest BCUT2D eigenvalue weighted by Gasteiger charge is -2.32. The highest BCUT2D eigenvalue weighted by Gasteiger charge is 2.43. The lowest BCUT2D eigenvalue weighted by Crippen LogP contribution is -2.48. The van der Waals surface area contributed by atoms with Gasteiger partial charge in [0.15, 0.2) is 0 Å². The summed E-state index contributed by atoms with van der Waals surface area (Å²) in [4.78, 5) is 26.2. The maximum Gasteiger partial charge on any atom is 0.329 e. The van der Waals surface area contributed by atoms with Gasteiger partial charge in [-0.1, -0.05) is 72.8 Å². The molecule has 0 amide bonds. The Morgan fingerprint density at radius 1 is 0.719 bits per heavy atom. The Balaban J connectivity index is 2.16. The van der Waals surface area contributed by atoms with Crippen molar-refractivity contribution in [2.45, 2.75) is 11.7 Å². The van der Waals surface area contributed by atoms with Gasteiger partial charge < -0.3 is 19.5 Å². The predicted molar refractivity (Wildman–Crippen MR) is 127 cm³/mol. The molecule has 3 rings (SSSR count). The Hall–Kier alpha value is -3.37. The zero-order chi connectivity index (χ0) is 22.9. The molecular formula is C25H26NO5P. The number of nitrogens with one attached hydrogen (secondary N) is 1. The summed E-state index contributed by atoms with van der Waals surface area (Å²) in [5.41, 5.74) is -0.271. The molecule has 3 aromatic carbocycles. The van der Waals surface area contributed by atoms with E-state index in [0.29, 0.717) is 11.4 Å². The third-order valence-corrected chi connectivity index (χ3v) is 7.75. The molecule has 0 unspecified atom stereocenters. The van der Waals surface area contributed by atoms with Gasteiger partial charge >= 0.3 is 11.9 Å². The molecule has 7 heteroatoms. The summed E-state index contributed by atoms with van der Waals surface area (Å²) in [6.07, 6.45) is 0. The number of esters is 2. The number of para-hydroxylation sites is 2. The fourth-order valence-electron chi connectivity index (χ4n) is 3.48. The third-order valence-electron chi connectivity index (χ3n) is 4.98. The number of hydrogen-bond donors (Lipinski definition) is 1. The molecular weight excluding hydrogens is 425 g/mol. The molecule has 0 heterocycles. The van der Waals surface area contributed by atoms with Crippen molar-refractivity contribution >= 4 is 36.2 Å². The molecule has 0 aromatic heterocycles. The molecule has 0 fully saturated rings. The van der Waals surface area contributed by atoms with E-state index in [2.05, 4.69) is 5.32 Å². The number of carbonyl (C=O) groups is 2. The lowest BCUT2D eigenvalue weighted by molar-refractivity contribution is -0.147. The maximum atomic E-state index is 13.2. The highest BCUT2D eigenvalue weighted by Crippen LogP contribution is 2.43. The number of ether oxygens (including phenoxy) is 3. The standard InChI is InChI=1S/C25H26NO5P/c1-29-21-17-11-10-16-20(21)26-22(24(27)30-2)23(25(28)31-3)32(18-12-6-4-7-13-18)19-14-8-5-9-15-19/h4-17,22-23,26H,1-3H3/t22-,23+/m0/s1. The smallest absolute Gasteiger partial charge is 0.329 e. The summed E-state index contributed by atoms with van der Waals surface area (Å²) >= 11 is 0. The Kier molecular flexibility index (Phi) is 8.23. The van der Waals surface area contributed by atoms with Crippen LogP contribution in [0.4, 0.5) is 5.69 Å². The SMILES string of the molecule is COC(=O)[C@@H](Nc1ccccc1OC)[C@H](C(=O)OC)P(c1ccccc1)c1ccccc1. The van der Waals surface area contributed by atoms with Crippen LogP contribution in [0.15, 0.2) is 84.9 Å². The van der Waals surface area contributed by atoms with Gasteiger partial charge in [-0.3, -0.25) is 4.79 Å². The fourth-order valence-corrected chi connectivity index (χ4v) is 6.22. The number of anilines is 1. The number of hydrogen-bond acceptors (Lipinski definition) is 6. The molecule has 0 saturated heterocycles. The van der Waals surface area contributed by atoms with Crippen LogP contribution in [0.25, 0.3) is 0 Å². The highest BCUT2D eigenvalue weighted by atomic mass is 31.1. The summed E-state index contributed by atoms with van der Waals surface area (Å²) in [7, 11) is 2.86. The van der Waals surface area contributed by atoms with Crippen LogP contribution in [0.2, 0.25) is 0 Å². The molecule has 6 nitrogen and oxygen atoms in total. The van der Waals surface area contributed by atoms with E-state index in [1.807, 2.05) is 72.8 Å². The lowest BCUT2D eigenvalue weighted by atomic mass is 10.1. The van der Waals surface area contributed by atoms with Crippen LogP contribution in [0, 0.1) is 0 Å². The molecule has 0 bridgehead atoms. The van der Waals surface area contributed by atoms with Crippen LogP contribution < -0.4 is 20.7 Å². The third kappa shape index (κ3) is 5.27. The summed E-state index contributed by atoms with van der Waals surface area (Å²) in [6.45, 7) is 0. The monoisotopic (exact) mass is 451 g/mol. The summed E-state index contributed by atoms with van der Waals surface area (Å²) in [5, 5.41) is 5.09. The van der Waals surface area contributed by atoms with Crippen LogP contribution in [0.3, 0.4) is 0 Å². The number of rotatable bonds is 9. The van der Waals surface area contributed by atoms with Crippen molar-refractivity contribution in [3.63, 3.8) is 0 Å². The fraction of sp³-hybridized carbons (Fsp3) is 0.200. The van der Waals surface area contributed by atoms with Gasteiger partial charge in [0.05, 0.1) is 27.0 Å². The van der Waals surface area contributed by atoms with Crippen LogP contribution in [0.1, 0.15) is 0 Å². The second-order valence-corrected chi connectivity index (χ2v) is 9.18. The van der Waals surface area contributed by atoms with Gasteiger partial charge in [0.25, 0.3) is 0 Å². The van der Waals surface area contributed by atoms with Crippen molar-refractivity contribution in [3.05, 3.63) is 84.9 Å². The normalized spacial score (nSPS) is 12.5. The number of carbonyl (C=O) groups excluding carboxylic acids is 2. The topological polar surface area (TPSA) is 73.9 Å². The first kappa shape index (κ1) is 23.3. The second-order valence-electron chi connectivity index (χ2n) is 6.85. The van der Waals surface area contributed by atoms with Gasteiger partial charge in [0, 0.05) is 0 Å². The minimum atomic E-state index is -1.33. The van der Waals surface area contributed by atoms with Crippen molar-refractivity contribution in [1.82, 2.24) is 0 Å². The van der Waals surface area contributed by atoms with Gasteiger partial charge in [0.2, 0.25) is 0 Å². The first-order valence-electron chi connectivity index (χ1n) is 10.0. The largest absolute Gasteiger partial charge is 0.495 e. The number of methoxy groups -OCH3 is 3. The van der Waals surface area contributed by atoms with E-state index in [4.69, 9.17) is 14.2 Å². The molecule has 3 aromatic rings. The van der Waals surface area contributed by atoms with Crippen LogP contribution in [-0.4, -0.2) is 45.0 Å². The molecule has 2 atom stereocenters. The van der Waals surface area contributed by atoms with Crippen molar-refractivity contribution < 1.29 is 23.8 Å². The first-order valence-corrected chi connectivity index (χ1v) is 11.5. The van der Waals surface area contributed by atoms with E-state index in [0.717, 1.165) is 10.6 Å². The molecule has 0 spiro atoms. The average Bonchev–Trinajstić information content (AvgIpc) is 2.86. The van der Waals surface area contributed by atoms with Gasteiger partial charge in [-0.15, -0.1) is 0 Å². The minimum Gasteiger partial charge on any atom is -0.495 e. The number of benzene rings is 3. The van der Waals surface area contributed by atoms with Gasteiger partial charge in [-0.25, -0.2) is 4.79 Å². The summed E-state index contributed by atoms with van der Waals surface area (Å²) < 4.78 is 15.8. The van der Waals surface area contributed by atoms with Crippen molar-refractivity contribution in [3.8, 4) is 5.75 Å². The molecule has 32 heavy (non-hydrogen) atoms. The van der Waals surface area contributed by atoms with Crippen molar-refractivity contribution in [2.75, 3.05) is 26.6 Å². The average molecular weight is 451 g/mol. The highest BCUT2D eigenvalue weighted by molar-refractivity contribution is 7.74. The molecule has 0 saturated carbocycles. The Morgan fingerprint density at radius 2 is 1.22 bits per heavy atom. The van der Waals surface area contributed by atoms with Crippen LogP contribution in [-0.2, 0) is 19.1 Å². The van der Waals surface area contributed by atoms with Gasteiger partial charge in [-0.05, 0) is 30.7 Å². The maximum absolute atomic E-state index is 13.2. The Labute approximate surface area is 189 Å². The molecule has 166 valence electrons. The van der Waals surface area contributed by atoms with E-state index in [9.17, 15) is 9.59 Å². The van der Waals surface area contributed by atoms with Crippen molar-refractivity contribution in [1.29, 1.82) is 0 Å². The Bertz CT molecular complexity index is 989. The zero-order valence-corrected chi connectivity index (χ0v) is 19.1. The summed E-state index contributed by atoms with van der Waals surface area (Å²) in [6, 6.07) is 25.6. The Morgan fingerprint density at radius 3 is 1.72 bits per heavy atom. The quantitative estimate of drug-likeness (QED) is 0.398. The van der Waals surface area contributed by atoms with Gasteiger partial charge in [0.1, 0.15) is 17.5 Å². The minimum absolute atomic E-state index is 0.499. The first-order chi connectivity index (χ1) is 15.6. The van der Waals surface area contributed by atoms with Crippen LogP contribution >= 0.6 is 7.92 Å². The summed E-state index contributed by atoms with van der Waals surface area (Å²) in [5.74, 6) is -0.513. The van der Waals surface area contributed by atoms with E-state index in [1.54, 1.807) is 19.2 Å². The molecule has 0 aliphatic rings. The van der Waals surface area contributed by atoms with E-state index < -0.39 is 31.6 Å². The molecule has 0 aliphatic heterocycles. The zero-order valence-electron chi connectivity index (χ0n) is 18.2. The van der Waals surface area contributed by atoms with E-state index in [1.165, 1.54) is 14.2 Å². The second kappa shape index (κ2) is 11.3. The predicted octanol–water partition coefficient (Wildman–Crippen LogP) is 3.32. The molecule has 0 radical (unpaired) electrons. The molecule has 1 N–H and O–H groups in total. The van der Waals surface area contributed by atoms with Crippen LogP contribution in [0.5, 0.6) is 5.75 Å². The van der Waals surface area contributed by atoms with E-state index >= 15 is 0 Å². The molecule has 0 aliphatic carbocycles. The van der Waals surface area contributed by atoms with Gasteiger partial charge in [-0.2, -0.15) is 0 Å². The van der Waals surface area contributed by atoms with Crippen molar-refractivity contribution in [2.24, 2.45) is 0 Å².